The lowest BCUT2D eigenvalue weighted by molar-refractivity contribution is -0.159. The van der Waals surface area contributed by atoms with E-state index in [1.54, 1.807) is 30.3 Å². The summed E-state index contributed by atoms with van der Waals surface area (Å²) in [5, 5.41) is 19.4. The molecule has 1 rings (SSSR count). The highest BCUT2D eigenvalue weighted by Crippen LogP contribution is 2.17. The summed E-state index contributed by atoms with van der Waals surface area (Å²) >= 11 is 0. The molecule has 2 atom stereocenters. The van der Waals surface area contributed by atoms with Gasteiger partial charge < -0.3 is 20.3 Å². The van der Waals surface area contributed by atoms with E-state index < -0.39 is 30.2 Å². The molecular formula is C12H13NO6. The Morgan fingerprint density at radius 3 is 2.26 bits per heavy atom. The highest BCUT2D eigenvalue weighted by atomic mass is 16.5. The highest BCUT2D eigenvalue weighted by molar-refractivity contribution is 5.87. The summed E-state index contributed by atoms with van der Waals surface area (Å²) in [6, 6.07) is 8.05. The topological polar surface area (TPSA) is 113 Å². The monoisotopic (exact) mass is 267 g/mol. The molecule has 0 saturated carbocycles. The zero-order valence-corrected chi connectivity index (χ0v) is 10.1. The van der Waals surface area contributed by atoms with E-state index in [-0.39, 0.29) is 0 Å². The van der Waals surface area contributed by atoms with Crippen molar-refractivity contribution in [2.45, 2.75) is 19.3 Å². The molecule has 0 aliphatic carbocycles. The van der Waals surface area contributed by atoms with Crippen molar-refractivity contribution < 1.29 is 29.3 Å². The summed E-state index contributed by atoms with van der Waals surface area (Å²) in [7, 11) is 0. The summed E-state index contributed by atoms with van der Waals surface area (Å²) < 4.78 is 4.82. The van der Waals surface area contributed by atoms with Crippen molar-refractivity contribution in [1.29, 1.82) is 0 Å². The largest absolute Gasteiger partial charge is 0.478 e. The van der Waals surface area contributed by atoms with Gasteiger partial charge in [-0.1, -0.05) is 30.3 Å². The first-order valence-corrected chi connectivity index (χ1v) is 5.35. The molecule has 7 heteroatoms. The number of aliphatic carboxylic acids is 1. The molecule has 0 aliphatic rings. The Morgan fingerprint density at radius 2 is 1.79 bits per heavy atom. The van der Waals surface area contributed by atoms with Gasteiger partial charge >= 0.3 is 11.9 Å². The lowest BCUT2D eigenvalue weighted by Crippen LogP contribution is -2.43. The number of carbonyl (C=O) groups is 3. The average molecular weight is 267 g/mol. The fourth-order valence-corrected chi connectivity index (χ4v) is 1.34. The van der Waals surface area contributed by atoms with Gasteiger partial charge in [-0.05, 0) is 0 Å². The third-order valence-electron chi connectivity index (χ3n) is 2.14. The van der Waals surface area contributed by atoms with Crippen LogP contribution in [0.15, 0.2) is 30.3 Å². The molecule has 0 aliphatic heterocycles. The molecule has 19 heavy (non-hydrogen) atoms. The summed E-state index contributed by atoms with van der Waals surface area (Å²) in [4.78, 5) is 33.2. The van der Waals surface area contributed by atoms with Crippen LogP contribution in [-0.2, 0) is 19.1 Å². The minimum absolute atomic E-state index is 0.368. The van der Waals surface area contributed by atoms with Crippen LogP contribution in [-0.4, -0.2) is 34.3 Å². The van der Waals surface area contributed by atoms with Gasteiger partial charge in [0, 0.05) is 12.5 Å². The van der Waals surface area contributed by atoms with E-state index in [4.69, 9.17) is 14.9 Å². The van der Waals surface area contributed by atoms with Crippen molar-refractivity contribution in [2.75, 3.05) is 0 Å². The van der Waals surface area contributed by atoms with Crippen LogP contribution in [0.5, 0.6) is 0 Å². The summed E-state index contributed by atoms with van der Waals surface area (Å²) in [6.45, 7) is 1.12. The number of benzene rings is 1. The fraction of sp³-hybridized carbons (Fsp3) is 0.250. The van der Waals surface area contributed by atoms with Crippen molar-refractivity contribution in [2.24, 2.45) is 0 Å². The number of rotatable bonds is 5. The molecule has 0 spiro atoms. The van der Waals surface area contributed by atoms with E-state index in [9.17, 15) is 14.4 Å². The molecule has 102 valence electrons. The second-order valence-corrected chi connectivity index (χ2v) is 3.65. The smallest absolute Gasteiger partial charge is 0.353 e. The molecule has 0 bridgehead atoms. The maximum Gasteiger partial charge on any atom is 0.353 e. The third-order valence-corrected chi connectivity index (χ3v) is 2.14. The number of esters is 1. The van der Waals surface area contributed by atoms with Crippen LogP contribution >= 0.6 is 0 Å². The molecule has 0 radical (unpaired) electrons. The van der Waals surface area contributed by atoms with Gasteiger partial charge in [-0.2, -0.15) is 0 Å². The summed E-state index contributed by atoms with van der Waals surface area (Å²) in [5.74, 6) is -3.23. The van der Waals surface area contributed by atoms with Gasteiger partial charge in [-0.25, -0.2) is 4.79 Å². The molecule has 0 fully saturated rings. The average Bonchev–Trinajstić information content (AvgIpc) is 2.36. The van der Waals surface area contributed by atoms with Crippen LogP contribution < -0.4 is 5.32 Å². The zero-order valence-electron chi connectivity index (χ0n) is 10.1. The number of hydrogen-bond acceptors (Lipinski definition) is 5. The first-order valence-electron chi connectivity index (χ1n) is 5.35. The highest BCUT2D eigenvalue weighted by Gasteiger charge is 2.27. The van der Waals surface area contributed by atoms with Gasteiger partial charge in [0.05, 0.1) is 0 Å². The van der Waals surface area contributed by atoms with Crippen molar-refractivity contribution in [1.82, 2.24) is 5.32 Å². The number of ether oxygens (including phenoxy) is 1. The number of carboxylic acids is 1. The molecule has 1 aromatic rings. The Balaban J connectivity index is 2.89. The first kappa shape index (κ1) is 14.7. The molecule has 7 nitrogen and oxygen atoms in total. The molecule has 0 aromatic heterocycles. The Labute approximate surface area is 108 Å². The lowest BCUT2D eigenvalue weighted by atomic mass is 10.1. The van der Waals surface area contributed by atoms with E-state index in [1.807, 2.05) is 5.32 Å². The van der Waals surface area contributed by atoms with Crippen molar-refractivity contribution in [3.63, 3.8) is 0 Å². The molecule has 0 saturated heterocycles. The number of amides is 1. The predicted octanol–water partition coefficient (Wildman–Crippen LogP) is -0.190. The third kappa shape index (κ3) is 4.40. The van der Waals surface area contributed by atoms with E-state index in [0.717, 1.165) is 6.92 Å². The van der Waals surface area contributed by atoms with Crippen LogP contribution in [0.25, 0.3) is 0 Å². The standard InChI is InChI=1S/C12H13NO6/c1-7(14)19-9(8-5-3-2-4-6-8)10(15)13-11(16)12(17)18/h2-6,9,11,16H,1H3,(H,13,15)(H,17,18)/t9-,11?/m0/s1. The second kappa shape index (κ2) is 6.50. The minimum Gasteiger partial charge on any atom is -0.478 e. The maximum atomic E-state index is 11.8. The number of aliphatic hydroxyl groups excluding tert-OH is 1. The molecule has 1 amide bonds. The summed E-state index contributed by atoms with van der Waals surface area (Å²) in [6.07, 6.45) is -3.37. The Kier molecular flexibility index (Phi) is 5.01. The van der Waals surface area contributed by atoms with Gasteiger partial charge in [0.25, 0.3) is 5.91 Å². The normalized spacial score (nSPS) is 13.2. The maximum absolute atomic E-state index is 11.8. The van der Waals surface area contributed by atoms with Crippen LogP contribution in [0.4, 0.5) is 0 Å². The minimum atomic E-state index is -2.06. The molecule has 0 heterocycles. The summed E-state index contributed by atoms with van der Waals surface area (Å²) in [5.41, 5.74) is 0.368. The van der Waals surface area contributed by atoms with Gasteiger partial charge in [-0.3, -0.25) is 9.59 Å². The Bertz CT molecular complexity index is 472. The second-order valence-electron chi connectivity index (χ2n) is 3.65. The SMILES string of the molecule is CC(=O)O[C@H](C(=O)NC(O)C(=O)O)c1ccccc1. The molecule has 3 N–H and O–H groups in total. The van der Waals surface area contributed by atoms with Crippen LogP contribution in [0.1, 0.15) is 18.6 Å². The molecular weight excluding hydrogens is 254 g/mol. The lowest BCUT2D eigenvalue weighted by Gasteiger charge is -2.18. The van der Waals surface area contributed by atoms with Crippen molar-refractivity contribution in [3.8, 4) is 0 Å². The number of hydrogen-bond donors (Lipinski definition) is 3. The first-order chi connectivity index (χ1) is 8.91. The molecule has 1 unspecified atom stereocenters. The number of carbonyl (C=O) groups excluding carboxylic acids is 2. The Morgan fingerprint density at radius 1 is 1.21 bits per heavy atom. The van der Waals surface area contributed by atoms with Gasteiger partial charge in [-0.15, -0.1) is 0 Å². The van der Waals surface area contributed by atoms with Crippen molar-refractivity contribution >= 4 is 17.8 Å². The fourth-order valence-electron chi connectivity index (χ4n) is 1.34. The van der Waals surface area contributed by atoms with Crippen molar-refractivity contribution in [3.05, 3.63) is 35.9 Å². The Hall–Kier alpha value is -2.41. The quantitative estimate of drug-likeness (QED) is 0.503. The zero-order chi connectivity index (χ0) is 14.4. The van der Waals surface area contributed by atoms with E-state index >= 15 is 0 Å². The molecule has 1 aromatic carbocycles. The van der Waals surface area contributed by atoms with E-state index in [0.29, 0.717) is 5.56 Å². The van der Waals surface area contributed by atoms with E-state index in [2.05, 4.69) is 0 Å². The van der Waals surface area contributed by atoms with Crippen LogP contribution in [0.3, 0.4) is 0 Å². The number of nitrogens with one attached hydrogen (secondary N) is 1. The number of aliphatic hydroxyl groups is 1. The van der Waals surface area contributed by atoms with Crippen LogP contribution in [0.2, 0.25) is 0 Å². The van der Waals surface area contributed by atoms with E-state index in [1.165, 1.54) is 0 Å². The number of carboxylic acid groups (broad SMARTS) is 1. The van der Waals surface area contributed by atoms with Crippen LogP contribution in [0, 0.1) is 0 Å². The van der Waals surface area contributed by atoms with Gasteiger partial charge in [0.1, 0.15) is 0 Å². The van der Waals surface area contributed by atoms with Gasteiger partial charge in [0.2, 0.25) is 12.3 Å². The van der Waals surface area contributed by atoms with Gasteiger partial charge in [0.15, 0.2) is 0 Å². The predicted molar refractivity (Wildman–Crippen MR) is 62.7 cm³/mol.